The lowest BCUT2D eigenvalue weighted by Crippen LogP contribution is -2.31. The van der Waals surface area contributed by atoms with Gasteiger partial charge in [-0.25, -0.2) is 0 Å². The highest BCUT2D eigenvalue weighted by Crippen LogP contribution is 2.03. The average molecular weight is 222 g/mol. The van der Waals surface area contributed by atoms with Crippen LogP contribution in [-0.4, -0.2) is 31.2 Å². The smallest absolute Gasteiger partial charge is 0.0591 e. The molecule has 0 aromatic rings. The summed E-state index contributed by atoms with van der Waals surface area (Å²) in [5, 5.41) is 3.62. The summed E-state index contributed by atoms with van der Waals surface area (Å²) in [5.74, 6) is 0.621. The van der Waals surface area contributed by atoms with Crippen molar-refractivity contribution in [2.75, 3.05) is 19.8 Å². The number of ether oxygens (including phenoxy) is 1. The fourth-order valence-electron chi connectivity index (χ4n) is 1.27. The predicted octanol–water partition coefficient (Wildman–Crippen LogP) is 2.65. The third kappa shape index (κ3) is 10.3. The number of nitrogens with one attached hydrogen (secondary N) is 1. The van der Waals surface area contributed by atoms with Gasteiger partial charge in [-0.05, 0) is 26.2 Å². The van der Waals surface area contributed by atoms with Crippen molar-refractivity contribution < 1.29 is 4.74 Å². The maximum atomic E-state index is 5.88. The second-order valence-corrected chi connectivity index (χ2v) is 5.09. The van der Waals surface area contributed by atoms with Crippen LogP contribution in [0.2, 0.25) is 0 Å². The molecule has 2 atom stereocenters. The molecule has 0 aliphatic rings. The fourth-order valence-corrected chi connectivity index (χ4v) is 1.53. The summed E-state index contributed by atoms with van der Waals surface area (Å²) in [6.45, 7) is 11.0. The fraction of sp³-hybridized carbons (Fsp3) is 1.00. The maximum Gasteiger partial charge on any atom is 0.0591 e. The van der Waals surface area contributed by atoms with Crippen molar-refractivity contribution in [1.29, 1.82) is 0 Å². The Morgan fingerprint density at radius 3 is 2.36 bits per heavy atom. The van der Waals surface area contributed by atoms with Crippen LogP contribution in [0.4, 0.5) is 0 Å². The lowest BCUT2D eigenvalue weighted by molar-refractivity contribution is 0.110. The lowest BCUT2D eigenvalue weighted by atomic mass is 10.2. The third-order valence-electron chi connectivity index (χ3n) is 1.87. The summed E-state index contributed by atoms with van der Waals surface area (Å²) >= 11 is 5.88. The van der Waals surface area contributed by atoms with E-state index in [-0.39, 0.29) is 5.38 Å². The molecule has 0 spiro atoms. The van der Waals surface area contributed by atoms with E-state index in [1.165, 1.54) is 0 Å². The molecule has 0 saturated carbocycles. The van der Waals surface area contributed by atoms with Gasteiger partial charge in [-0.2, -0.15) is 0 Å². The Hall–Kier alpha value is 0.210. The Kier molecular flexibility index (Phi) is 8.64. The zero-order valence-electron chi connectivity index (χ0n) is 9.85. The van der Waals surface area contributed by atoms with Crippen LogP contribution in [0.3, 0.4) is 0 Å². The van der Waals surface area contributed by atoms with E-state index in [4.69, 9.17) is 16.3 Å². The first kappa shape index (κ1) is 14.2. The van der Waals surface area contributed by atoms with Crippen molar-refractivity contribution in [3.8, 4) is 0 Å². The highest BCUT2D eigenvalue weighted by atomic mass is 35.5. The molecular formula is C11H24ClNO. The van der Waals surface area contributed by atoms with E-state index in [9.17, 15) is 0 Å². The summed E-state index contributed by atoms with van der Waals surface area (Å²) in [5.41, 5.74) is 0. The molecule has 2 nitrogen and oxygen atoms in total. The minimum atomic E-state index is 0.245. The van der Waals surface area contributed by atoms with Gasteiger partial charge in [-0.15, -0.1) is 11.6 Å². The van der Waals surface area contributed by atoms with E-state index in [0.29, 0.717) is 12.0 Å². The van der Waals surface area contributed by atoms with Gasteiger partial charge in [0.25, 0.3) is 0 Å². The van der Waals surface area contributed by atoms with Crippen LogP contribution in [0.25, 0.3) is 0 Å². The van der Waals surface area contributed by atoms with E-state index in [1.54, 1.807) is 0 Å². The van der Waals surface area contributed by atoms with E-state index < -0.39 is 0 Å². The molecule has 0 amide bonds. The molecule has 3 heteroatoms. The minimum absolute atomic E-state index is 0.245. The molecule has 0 heterocycles. The molecule has 0 aliphatic carbocycles. The molecular weight excluding hydrogens is 198 g/mol. The van der Waals surface area contributed by atoms with Crippen molar-refractivity contribution in [3.63, 3.8) is 0 Å². The summed E-state index contributed by atoms with van der Waals surface area (Å²) < 4.78 is 5.45. The average Bonchev–Trinajstić information content (AvgIpc) is 2.01. The number of alkyl halides is 1. The second kappa shape index (κ2) is 8.51. The molecule has 0 radical (unpaired) electrons. The van der Waals surface area contributed by atoms with Gasteiger partial charge < -0.3 is 10.1 Å². The predicted molar refractivity (Wildman–Crippen MR) is 63.1 cm³/mol. The van der Waals surface area contributed by atoms with Crippen LogP contribution in [0.1, 0.15) is 34.1 Å². The van der Waals surface area contributed by atoms with Gasteiger partial charge in [0.1, 0.15) is 0 Å². The molecule has 14 heavy (non-hydrogen) atoms. The number of hydrogen-bond acceptors (Lipinski definition) is 2. The van der Waals surface area contributed by atoms with Gasteiger partial charge in [0.05, 0.1) is 6.61 Å². The van der Waals surface area contributed by atoms with Gasteiger partial charge >= 0.3 is 0 Å². The molecule has 0 bridgehead atoms. The van der Waals surface area contributed by atoms with Gasteiger partial charge in [0, 0.05) is 24.6 Å². The zero-order valence-corrected chi connectivity index (χ0v) is 10.6. The molecule has 0 rings (SSSR count). The van der Waals surface area contributed by atoms with Crippen LogP contribution in [-0.2, 0) is 4.74 Å². The lowest BCUT2D eigenvalue weighted by Gasteiger charge is -2.15. The number of hydrogen-bond donors (Lipinski definition) is 1. The summed E-state index contributed by atoms with van der Waals surface area (Å²) in [6, 6.07) is 0.477. The van der Waals surface area contributed by atoms with Crippen LogP contribution in [0.5, 0.6) is 0 Å². The highest BCUT2D eigenvalue weighted by Gasteiger charge is 2.04. The number of halogens is 1. The molecule has 86 valence electrons. The van der Waals surface area contributed by atoms with Crippen molar-refractivity contribution in [2.24, 2.45) is 5.92 Å². The first-order valence-corrected chi connectivity index (χ1v) is 5.91. The Labute approximate surface area is 93.4 Å². The normalized spacial score (nSPS) is 15.9. The minimum Gasteiger partial charge on any atom is -0.380 e. The highest BCUT2D eigenvalue weighted by molar-refractivity contribution is 6.20. The Balaban J connectivity index is 3.19. The van der Waals surface area contributed by atoms with Crippen LogP contribution < -0.4 is 5.32 Å². The molecule has 0 aliphatic heterocycles. The maximum absolute atomic E-state index is 5.88. The Bertz CT molecular complexity index is 128. The van der Waals surface area contributed by atoms with E-state index in [2.05, 4.69) is 26.1 Å². The van der Waals surface area contributed by atoms with Gasteiger partial charge in [0.2, 0.25) is 0 Å². The van der Waals surface area contributed by atoms with E-state index >= 15 is 0 Å². The molecule has 0 aromatic carbocycles. The Morgan fingerprint density at radius 1 is 1.21 bits per heavy atom. The molecule has 0 fully saturated rings. The summed E-state index contributed by atoms with van der Waals surface area (Å²) in [4.78, 5) is 0. The van der Waals surface area contributed by atoms with Crippen LogP contribution in [0.15, 0.2) is 0 Å². The van der Waals surface area contributed by atoms with Gasteiger partial charge in [-0.3, -0.25) is 0 Å². The third-order valence-corrected chi connectivity index (χ3v) is 2.05. The topological polar surface area (TPSA) is 21.3 Å². The van der Waals surface area contributed by atoms with Gasteiger partial charge in [0.15, 0.2) is 0 Å². The summed E-state index contributed by atoms with van der Waals surface area (Å²) in [6.07, 6.45) is 1.01. The van der Waals surface area contributed by atoms with Crippen molar-refractivity contribution in [1.82, 2.24) is 5.32 Å². The van der Waals surface area contributed by atoms with Crippen molar-refractivity contribution in [3.05, 3.63) is 0 Å². The van der Waals surface area contributed by atoms with E-state index in [1.807, 2.05) is 6.92 Å². The SMILES string of the molecule is CC(C)COCCNC(C)CC(C)Cl. The first-order chi connectivity index (χ1) is 6.52. The van der Waals surface area contributed by atoms with Crippen LogP contribution >= 0.6 is 11.6 Å². The largest absolute Gasteiger partial charge is 0.380 e. The standard InChI is InChI=1S/C11H24ClNO/c1-9(2)8-14-6-5-13-11(4)7-10(3)12/h9-11,13H,5-8H2,1-4H3. The monoisotopic (exact) mass is 221 g/mol. The quantitative estimate of drug-likeness (QED) is 0.503. The number of rotatable bonds is 8. The Morgan fingerprint density at radius 2 is 1.86 bits per heavy atom. The summed E-state index contributed by atoms with van der Waals surface area (Å²) in [7, 11) is 0. The zero-order chi connectivity index (χ0) is 11.0. The second-order valence-electron chi connectivity index (χ2n) is 4.34. The van der Waals surface area contributed by atoms with E-state index in [0.717, 1.165) is 26.2 Å². The molecule has 0 saturated heterocycles. The van der Waals surface area contributed by atoms with Crippen LogP contribution in [0, 0.1) is 5.92 Å². The first-order valence-electron chi connectivity index (χ1n) is 5.47. The molecule has 2 unspecified atom stereocenters. The van der Waals surface area contributed by atoms with Gasteiger partial charge in [-0.1, -0.05) is 13.8 Å². The molecule has 1 N–H and O–H groups in total. The molecule has 0 aromatic heterocycles. The van der Waals surface area contributed by atoms with Crippen molar-refractivity contribution >= 4 is 11.6 Å². The van der Waals surface area contributed by atoms with Crippen molar-refractivity contribution in [2.45, 2.75) is 45.5 Å².